The molecule has 3 aromatic heterocycles. The number of hydrogen-bond donors (Lipinski definition) is 1. The first-order valence-electron chi connectivity index (χ1n) is 8.25. The van der Waals surface area contributed by atoms with Crippen LogP contribution in [0, 0.1) is 0 Å². The second-order valence-corrected chi connectivity index (χ2v) is 7.87. The lowest BCUT2D eigenvalue weighted by Gasteiger charge is -2.08. The van der Waals surface area contributed by atoms with Gasteiger partial charge in [-0.15, -0.1) is 11.3 Å². The summed E-state index contributed by atoms with van der Waals surface area (Å²) in [6.07, 6.45) is 3.47. The smallest absolute Gasteiger partial charge is 0.192 e. The fraction of sp³-hybridized carbons (Fsp3) is 0. The highest BCUT2D eigenvalue weighted by molar-refractivity contribution is 7.99. The summed E-state index contributed by atoms with van der Waals surface area (Å²) < 4.78 is 1.16. The Bertz CT molecular complexity index is 1270. The summed E-state index contributed by atoms with van der Waals surface area (Å²) in [7, 11) is 0. The number of aromatic nitrogens is 4. The average molecular weight is 387 g/mol. The van der Waals surface area contributed by atoms with Gasteiger partial charge in [0, 0.05) is 33.9 Å². The van der Waals surface area contributed by atoms with Crippen LogP contribution in [-0.2, 0) is 0 Å². The van der Waals surface area contributed by atoms with E-state index in [0.717, 1.165) is 37.3 Å². The van der Waals surface area contributed by atoms with Gasteiger partial charge in [-0.3, -0.25) is 0 Å². The molecule has 0 atom stereocenters. The van der Waals surface area contributed by atoms with E-state index in [-0.39, 0.29) is 0 Å². The SMILES string of the molecule is Nc1cc(-c2ccc3scnc3c2)nc2ccc(Sc3ncccn3)cc12. The zero-order valence-electron chi connectivity index (χ0n) is 14.0. The standard InChI is InChI=1S/C20H13N5S2/c21-15-10-17(12-2-5-19-18(8-12)24-11-26-19)25-16-4-3-13(9-14(15)16)27-20-22-6-1-7-23-20/h1-11H,(H2,21,25). The Balaban J connectivity index is 1.55. The molecule has 7 heteroatoms. The topological polar surface area (TPSA) is 77.6 Å². The monoisotopic (exact) mass is 387 g/mol. The van der Waals surface area contributed by atoms with Gasteiger partial charge < -0.3 is 5.73 Å². The number of pyridine rings is 1. The van der Waals surface area contributed by atoms with E-state index in [1.807, 2.05) is 29.8 Å². The third-order valence-electron chi connectivity index (χ3n) is 4.19. The summed E-state index contributed by atoms with van der Waals surface area (Å²) in [6, 6.07) is 15.9. The summed E-state index contributed by atoms with van der Waals surface area (Å²) in [6.45, 7) is 0. The summed E-state index contributed by atoms with van der Waals surface area (Å²) in [4.78, 5) is 18.7. The van der Waals surface area contributed by atoms with Gasteiger partial charge in [0.1, 0.15) is 0 Å². The van der Waals surface area contributed by atoms with Crippen molar-refractivity contribution in [2.45, 2.75) is 10.1 Å². The van der Waals surface area contributed by atoms with E-state index in [4.69, 9.17) is 10.7 Å². The number of benzene rings is 2. The predicted octanol–water partition coefficient (Wildman–Crippen LogP) is 5.03. The van der Waals surface area contributed by atoms with Gasteiger partial charge in [0.15, 0.2) is 5.16 Å². The molecule has 0 saturated carbocycles. The van der Waals surface area contributed by atoms with E-state index in [1.165, 1.54) is 11.8 Å². The van der Waals surface area contributed by atoms with Crippen LogP contribution in [0.2, 0.25) is 0 Å². The van der Waals surface area contributed by atoms with Crippen LogP contribution < -0.4 is 5.73 Å². The lowest BCUT2D eigenvalue weighted by atomic mass is 10.1. The van der Waals surface area contributed by atoms with Crippen molar-refractivity contribution in [3.05, 3.63) is 66.4 Å². The van der Waals surface area contributed by atoms with Gasteiger partial charge in [0.2, 0.25) is 0 Å². The lowest BCUT2D eigenvalue weighted by molar-refractivity contribution is 0.967. The molecule has 0 amide bonds. The molecule has 5 rings (SSSR count). The fourth-order valence-electron chi connectivity index (χ4n) is 2.90. The normalized spacial score (nSPS) is 11.3. The fourth-order valence-corrected chi connectivity index (χ4v) is 4.31. The van der Waals surface area contributed by atoms with Crippen molar-refractivity contribution in [1.29, 1.82) is 0 Å². The first kappa shape index (κ1) is 16.2. The molecule has 0 aliphatic carbocycles. The Labute approximate surface area is 163 Å². The second-order valence-electron chi connectivity index (χ2n) is 5.94. The first-order valence-corrected chi connectivity index (χ1v) is 9.95. The van der Waals surface area contributed by atoms with Crippen LogP contribution in [-0.4, -0.2) is 19.9 Å². The van der Waals surface area contributed by atoms with Gasteiger partial charge in [-0.05, 0) is 54.2 Å². The minimum Gasteiger partial charge on any atom is -0.398 e. The van der Waals surface area contributed by atoms with Crippen LogP contribution in [0.3, 0.4) is 0 Å². The van der Waals surface area contributed by atoms with Crippen molar-refractivity contribution in [2.75, 3.05) is 5.73 Å². The number of nitrogen functional groups attached to an aromatic ring is 1. The molecule has 0 saturated heterocycles. The molecule has 0 fully saturated rings. The third-order valence-corrected chi connectivity index (χ3v) is 5.88. The predicted molar refractivity (Wildman–Crippen MR) is 111 cm³/mol. The van der Waals surface area contributed by atoms with Gasteiger partial charge in [-0.25, -0.2) is 19.9 Å². The molecule has 0 aliphatic rings. The number of anilines is 1. The Morgan fingerprint density at radius 2 is 1.78 bits per heavy atom. The maximum Gasteiger partial charge on any atom is 0.192 e. The van der Waals surface area contributed by atoms with Crippen molar-refractivity contribution in [3.8, 4) is 11.3 Å². The largest absolute Gasteiger partial charge is 0.398 e. The Morgan fingerprint density at radius 1 is 0.889 bits per heavy atom. The quantitative estimate of drug-likeness (QED) is 0.437. The van der Waals surface area contributed by atoms with E-state index in [2.05, 4.69) is 33.2 Å². The molecule has 2 N–H and O–H groups in total. The Morgan fingerprint density at radius 3 is 2.67 bits per heavy atom. The molecule has 27 heavy (non-hydrogen) atoms. The van der Waals surface area contributed by atoms with E-state index < -0.39 is 0 Å². The van der Waals surface area contributed by atoms with Crippen LogP contribution in [0.1, 0.15) is 0 Å². The van der Waals surface area contributed by atoms with E-state index >= 15 is 0 Å². The van der Waals surface area contributed by atoms with Crippen LogP contribution >= 0.6 is 23.1 Å². The molecule has 5 aromatic rings. The highest BCUT2D eigenvalue weighted by atomic mass is 32.2. The Kier molecular flexibility index (Phi) is 3.95. The zero-order valence-corrected chi connectivity index (χ0v) is 15.7. The molecule has 0 bridgehead atoms. The molecule has 0 radical (unpaired) electrons. The average Bonchev–Trinajstić information content (AvgIpc) is 3.17. The minimum atomic E-state index is 0.699. The minimum absolute atomic E-state index is 0.699. The van der Waals surface area contributed by atoms with Crippen molar-refractivity contribution >= 4 is 49.9 Å². The zero-order chi connectivity index (χ0) is 18.2. The van der Waals surface area contributed by atoms with E-state index in [9.17, 15) is 0 Å². The molecule has 5 nitrogen and oxygen atoms in total. The van der Waals surface area contributed by atoms with Gasteiger partial charge in [-0.2, -0.15) is 0 Å². The Hall–Kier alpha value is -3.03. The van der Waals surface area contributed by atoms with Crippen molar-refractivity contribution in [1.82, 2.24) is 19.9 Å². The van der Waals surface area contributed by atoms with Crippen LogP contribution in [0.25, 0.3) is 32.4 Å². The maximum absolute atomic E-state index is 6.36. The van der Waals surface area contributed by atoms with Crippen molar-refractivity contribution in [3.63, 3.8) is 0 Å². The van der Waals surface area contributed by atoms with Gasteiger partial charge >= 0.3 is 0 Å². The van der Waals surface area contributed by atoms with Crippen LogP contribution in [0.5, 0.6) is 0 Å². The molecule has 0 spiro atoms. The first-order chi connectivity index (χ1) is 13.3. The molecule has 2 aromatic carbocycles. The number of rotatable bonds is 3. The lowest BCUT2D eigenvalue weighted by Crippen LogP contribution is -1.93. The van der Waals surface area contributed by atoms with E-state index in [0.29, 0.717) is 10.8 Å². The number of fused-ring (bicyclic) bond motifs is 2. The number of thiazole rings is 1. The molecular weight excluding hydrogens is 374 g/mol. The van der Waals surface area contributed by atoms with Gasteiger partial charge in [-0.1, -0.05) is 6.07 Å². The highest BCUT2D eigenvalue weighted by Gasteiger charge is 2.09. The summed E-state index contributed by atoms with van der Waals surface area (Å²) in [5, 5.41) is 1.63. The van der Waals surface area contributed by atoms with Crippen molar-refractivity contribution in [2.24, 2.45) is 0 Å². The summed E-state index contributed by atoms with van der Waals surface area (Å²) in [5.74, 6) is 0. The van der Waals surface area contributed by atoms with Gasteiger partial charge in [0.05, 0.1) is 26.9 Å². The van der Waals surface area contributed by atoms with E-state index in [1.54, 1.807) is 29.8 Å². The number of nitrogens with two attached hydrogens (primary N) is 1. The van der Waals surface area contributed by atoms with Crippen LogP contribution in [0.15, 0.2) is 76.5 Å². The number of nitrogens with zero attached hydrogens (tertiary/aromatic N) is 4. The molecule has 0 aliphatic heterocycles. The molecule has 130 valence electrons. The summed E-state index contributed by atoms with van der Waals surface area (Å²) in [5.41, 5.74) is 12.6. The second kappa shape index (κ2) is 6.61. The molecule has 0 unspecified atom stereocenters. The maximum atomic E-state index is 6.36. The molecule has 3 heterocycles. The van der Waals surface area contributed by atoms with Crippen molar-refractivity contribution < 1.29 is 0 Å². The highest BCUT2D eigenvalue weighted by Crippen LogP contribution is 2.32. The van der Waals surface area contributed by atoms with Gasteiger partial charge in [0.25, 0.3) is 0 Å². The number of hydrogen-bond acceptors (Lipinski definition) is 7. The third kappa shape index (κ3) is 3.11. The summed E-state index contributed by atoms with van der Waals surface area (Å²) >= 11 is 3.13. The van der Waals surface area contributed by atoms with Crippen LogP contribution in [0.4, 0.5) is 5.69 Å². The molecular formula is C20H13N5S2.